The molecular weight excluding hydrogens is 283 g/mol. The molecule has 1 aliphatic heterocycles. The van der Waals surface area contributed by atoms with Gasteiger partial charge in [-0.25, -0.2) is 0 Å². The Bertz CT molecular complexity index is 559. The van der Waals surface area contributed by atoms with Gasteiger partial charge in [0.2, 0.25) is 0 Å². The van der Waals surface area contributed by atoms with Gasteiger partial charge >= 0.3 is 104 Å². The van der Waals surface area contributed by atoms with E-state index in [0.29, 0.717) is 6.54 Å². The number of fused-ring (bicyclic) bond motifs is 1. The summed E-state index contributed by atoms with van der Waals surface area (Å²) in [6, 6.07) is 5.67. The molecule has 1 amide bonds. The second-order valence-corrected chi connectivity index (χ2v) is 5.48. The standard InChI is InChI=1S/C11H12N4OSe/c12-6-11(4-5-11)10(16)13-7-2-1-3-8-9(7)15-17-14-8/h1-3H,4-6,12H2,(H,13,16). The summed E-state index contributed by atoms with van der Waals surface area (Å²) in [6.07, 6.45) is 1.77. The summed E-state index contributed by atoms with van der Waals surface area (Å²) in [7, 11) is 0. The molecule has 0 spiro atoms. The van der Waals surface area contributed by atoms with E-state index in [2.05, 4.69) is 13.2 Å². The van der Waals surface area contributed by atoms with Crippen LogP contribution in [0.2, 0.25) is 0 Å². The van der Waals surface area contributed by atoms with Crippen LogP contribution < -0.4 is 11.1 Å². The number of carbonyl (C=O) groups excluding carboxylic acids is 1. The third-order valence-corrected chi connectivity index (χ3v) is 4.40. The zero-order chi connectivity index (χ0) is 11.9. The van der Waals surface area contributed by atoms with E-state index in [1.165, 1.54) is 0 Å². The predicted molar refractivity (Wildman–Crippen MR) is 65.7 cm³/mol. The fourth-order valence-corrected chi connectivity index (χ4v) is 2.99. The number of anilines is 1. The van der Waals surface area contributed by atoms with Gasteiger partial charge in [-0.3, -0.25) is 0 Å². The Labute approximate surface area is 105 Å². The van der Waals surface area contributed by atoms with Crippen molar-refractivity contribution in [2.45, 2.75) is 12.8 Å². The van der Waals surface area contributed by atoms with E-state index in [9.17, 15) is 4.79 Å². The summed E-state index contributed by atoms with van der Waals surface area (Å²) < 4.78 is 8.62. The molecular formula is C11H12N4OSe. The first-order valence-corrected chi connectivity index (χ1v) is 7.01. The maximum atomic E-state index is 12.1. The Morgan fingerprint density at radius 2 is 2.29 bits per heavy atom. The van der Waals surface area contributed by atoms with Crippen molar-refractivity contribution in [2.75, 3.05) is 11.9 Å². The molecule has 0 bridgehead atoms. The van der Waals surface area contributed by atoms with E-state index in [4.69, 9.17) is 5.73 Å². The first kappa shape index (κ1) is 10.9. The van der Waals surface area contributed by atoms with E-state index >= 15 is 0 Å². The normalized spacial score (nSPS) is 18.4. The molecule has 0 aromatic heterocycles. The number of hydrogen-bond acceptors (Lipinski definition) is 4. The molecule has 3 N–H and O–H groups in total. The molecule has 1 aliphatic carbocycles. The SMILES string of the molecule is NCC1(C(=O)Nc2cccc3c2N=[Se]=N3)CC1. The summed E-state index contributed by atoms with van der Waals surface area (Å²) in [6.45, 7) is 0.416. The van der Waals surface area contributed by atoms with Crippen molar-refractivity contribution in [1.82, 2.24) is 0 Å². The fourth-order valence-electron chi connectivity index (χ4n) is 1.84. The Morgan fingerprint density at radius 1 is 1.47 bits per heavy atom. The average Bonchev–Trinajstić information content (AvgIpc) is 3.00. The van der Waals surface area contributed by atoms with Crippen LogP contribution in [0.1, 0.15) is 12.8 Å². The Hall–Kier alpha value is -1.23. The Kier molecular flexibility index (Phi) is 2.50. The van der Waals surface area contributed by atoms with Crippen LogP contribution in [0.4, 0.5) is 17.1 Å². The summed E-state index contributed by atoms with van der Waals surface area (Å²) in [4.78, 5) is 12.1. The number of hydrogen-bond donors (Lipinski definition) is 2. The van der Waals surface area contributed by atoms with Gasteiger partial charge in [0.15, 0.2) is 0 Å². The van der Waals surface area contributed by atoms with E-state index < -0.39 is 0 Å². The van der Waals surface area contributed by atoms with E-state index in [1.807, 2.05) is 18.2 Å². The molecule has 1 saturated carbocycles. The monoisotopic (exact) mass is 296 g/mol. The van der Waals surface area contributed by atoms with Gasteiger partial charge in [-0.1, -0.05) is 0 Å². The van der Waals surface area contributed by atoms with Crippen molar-refractivity contribution in [1.29, 1.82) is 0 Å². The number of nitrogens with zero attached hydrogens (tertiary/aromatic N) is 2. The molecule has 0 atom stereocenters. The molecule has 1 heterocycles. The number of benzene rings is 1. The number of nitrogens with two attached hydrogens (primary N) is 1. The second kappa shape index (κ2) is 3.91. The maximum absolute atomic E-state index is 12.1. The Morgan fingerprint density at radius 3 is 3.00 bits per heavy atom. The summed E-state index contributed by atoms with van der Waals surface area (Å²) in [5.41, 5.74) is 7.76. The van der Waals surface area contributed by atoms with E-state index in [-0.39, 0.29) is 25.9 Å². The number of amides is 1. The third kappa shape index (κ3) is 1.78. The van der Waals surface area contributed by atoms with Crippen LogP contribution in [0.25, 0.3) is 0 Å². The molecule has 6 heteroatoms. The van der Waals surface area contributed by atoms with Gasteiger partial charge in [-0.15, -0.1) is 0 Å². The minimum absolute atomic E-state index is 0.0167. The molecule has 88 valence electrons. The molecule has 1 aromatic rings. The van der Waals surface area contributed by atoms with Crippen LogP contribution in [-0.2, 0) is 4.79 Å². The number of nitrogens with one attached hydrogen (secondary N) is 1. The molecule has 1 fully saturated rings. The van der Waals surface area contributed by atoms with Crippen LogP contribution in [0.3, 0.4) is 0 Å². The number of carbonyl (C=O) groups is 1. The van der Waals surface area contributed by atoms with Crippen molar-refractivity contribution < 1.29 is 4.79 Å². The van der Waals surface area contributed by atoms with Crippen LogP contribution in [-0.4, -0.2) is 27.0 Å². The van der Waals surface area contributed by atoms with Crippen molar-refractivity contribution >= 4 is 37.5 Å². The zero-order valence-electron chi connectivity index (χ0n) is 9.14. The topological polar surface area (TPSA) is 79.8 Å². The molecule has 0 unspecified atom stereocenters. The van der Waals surface area contributed by atoms with Crippen LogP contribution in [0.15, 0.2) is 26.1 Å². The van der Waals surface area contributed by atoms with Crippen molar-refractivity contribution in [2.24, 2.45) is 19.1 Å². The van der Waals surface area contributed by atoms with Crippen molar-refractivity contribution in [3.63, 3.8) is 0 Å². The van der Waals surface area contributed by atoms with Gasteiger partial charge < -0.3 is 0 Å². The summed E-state index contributed by atoms with van der Waals surface area (Å²) in [5.74, 6) is 0.0167. The molecule has 0 radical (unpaired) electrons. The van der Waals surface area contributed by atoms with Crippen LogP contribution in [0.5, 0.6) is 0 Å². The van der Waals surface area contributed by atoms with Crippen LogP contribution in [0, 0.1) is 5.41 Å². The van der Waals surface area contributed by atoms with Gasteiger partial charge in [-0.05, 0) is 0 Å². The van der Waals surface area contributed by atoms with Gasteiger partial charge in [0.25, 0.3) is 0 Å². The van der Waals surface area contributed by atoms with Crippen molar-refractivity contribution in [3.05, 3.63) is 18.2 Å². The van der Waals surface area contributed by atoms with Gasteiger partial charge in [0.1, 0.15) is 0 Å². The molecule has 3 rings (SSSR count). The van der Waals surface area contributed by atoms with Gasteiger partial charge in [0.05, 0.1) is 0 Å². The minimum atomic E-state index is -0.330. The summed E-state index contributed by atoms with van der Waals surface area (Å²) >= 11 is -0.0751. The second-order valence-electron chi connectivity index (χ2n) is 4.38. The first-order chi connectivity index (χ1) is 8.25. The first-order valence-electron chi connectivity index (χ1n) is 5.48. The van der Waals surface area contributed by atoms with Crippen molar-refractivity contribution in [3.8, 4) is 0 Å². The van der Waals surface area contributed by atoms with Gasteiger partial charge in [-0.2, -0.15) is 0 Å². The molecule has 0 saturated heterocycles. The van der Waals surface area contributed by atoms with E-state index in [0.717, 1.165) is 29.9 Å². The summed E-state index contributed by atoms with van der Waals surface area (Å²) in [5, 5.41) is 2.93. The molecule has 2 aliphatic rings. The van der Waals surface area contributed by atoms with Gasteiger partial charge in [0, 0.05) is 0 Å². The van der Waals surface area contributed by atoms with E-state index in [1.54, 1.807) is 0 Å². The predicted octanol–water partition coefficient (Wildman–Crippen LogP) is 1.71. The quantitative estimate of drug-likeness (QED) is 0.845. The number of rotatable bonds is 3. The zero-order valence-corrected chi connectivity index (χ0v) is 10.9. The third-order valence-electron chi connectivity index (χ3n) is 3.26. The van der Waals surface area contributed by atoms with Crippen LogP contribution >= 0.6 is 0 Å². The fraction of sp³-hybridized carbons (Fsp3) is 0.364. The molecule has 5 nitrogen and oxygen atoms in total. The molecule has 17 heavy (non-hydrogen) atoms. The Balaban J connectivity index is 1.85. The molecule has 1 aromatic carbocycles. The average molecular weight is 295 g/mol.